The van der Waals surface area contributed by atoms with Crippen molar-refractivity contribution < 1.29 is 52.7 Å². The summed E-state index contributed by atoms with van der Waals surface area (Å²) in [5, 5.41) is 8.40. The molecule has 0 saturated carbocycles. The molecule has 184 valence electrons. The first kappa shape index (κ1) is 28.2. The van der Waals surface area contributed by atoms with E-state index in [0.717, 1.165) is 6.29 Å². The maximum atomic E-state index is 11.3. The molecule has 0 bridgehead atoms. The summed E-state index contributed by atoms with van der Waals surface area (Å²) in [6, 6.07) is 6.82. The Morgan fingerprint density at radius 3 is 1.67 bits per heavy atom. The molecule has 0 saturated heterocycles. The van der Waals surface area contributed by atoms with Crippen molar-refractivity contribution >= 4 is 24.0 Å². The van der Waals surface area contributed by atoms with Crippen molar-refractivity contribution in [2.75, 3.05) is 66.1 Å². The zero-order valence-corrected chi connectivity index (χ0v) is 18.4. The second kappa shape index (κ2) is 18.7. The van der Waals surface area contributed by atoms with Crippen LogP contribution in [0.1, 0.15) is 23.2 Å². The minimum absolute atomic E-state index is 0.0146. The highest BCUT2D eigenvalue weighted by molar-refractivity contribution is 6.32. The molecule has 0 atom stereocenters. The first-order valence-electron chi connectivity index (χ1n) is 10.4. The number of carbonyl (C=O) groups is 4. The number of benzene rings is 1. The number of carboxylic acid groups (broad SMARTS) is 1. The van der Waals surface area contributed by atoms with Gasteiger partial charge in [-0.05, 0) is 24.3 Å². The fourth-order valence-electron chi connectivity index (χ4n) is 2.23. The number of rotatable bonds is 21. The molecule has 33 heavy (non-hydrogen) atoms. The van der Waals surface area contributed by atoms with E-state index in [1.54, 1.807) is 24.3 Å². The zero-order chi connectivity index (χ0) is 24.2. The smallest absolute Gasteiger partial charge is 0.372 e. The number of aliphatic carboxylic acids is 1. The largest absolute Gasteiger partial charge is 0.491 e. The molecule has 0 unspecified atom stereocenters. The van der Waals surface area contributed by atoms with Gasteiger partial charge in [0.1, 0.15) is 25.2 Å². The van der Waals surface area contributed by atoms with E-state index in [2.05, 4.69) is 0 Å². The summed E-state index contributed by atoms with van der Waals surface area (Å²) in [5.74, 6) is -2.56. The molecule has 0 heterocycles. The Bertz CT molecular complexity index is 703. The molecular formula is C22H30O11. The Hall–Kier alpha value is -2.86. The molecule has 0 aliphatic heterocycles. The van der Waals surface area contributed by atoms with E-state index in [0.29, 0.717) is 64.2 Å². The van der Waals surface area contributed by atoms with E-state index in [1.165, 1.54) is 0 Å². The van der Waals surface area contributed by atoms with Gasteiger partial charge in [0.25, 0.3) is 0 Å². The fraction of sp³-hybridized carbons (Fsp3) is 0.545. The van der Waals surface area contributed by atoms with Gasteiger partial charge < -0.3 is 33.5 Å². The fourth-order valence-corrected chi connectivity index (χ4v) is 2.23. The molecule has 11 nitrogen and oxygen atoms in total. The Balaban J connectivity index is 1.79. The van der Waals surface area contributed by atoms with Crippen LogP contribution in [0.3, 0.4) is 0 Å². The maximum Gasteiger partial charge on any atom is 0.372 e. The Labute approximate surface area is 191 Å². The highest BCUT2D eigenvalue weighted by atomic mass is 16.6. The van der Waals surface area contributed by atoms with E-state index >= 15 is 0 Å². The number of carboxylic acids is 1. The van der Waals surface area contributed by atoms with Gasteiger partial charge in [0.05, 0.1) is 59.3 Å². The second-order valence-electron chi connectivity index (χ2n) is 6.43. The van der Waals surface area contributed by atoms with Crippen LogP contribution in [0.2, 0.25) is 0 Å². The third-order valence-electron chi connectivity index (χ3n) is 3.91. The molecule has 1 aromatic rings. The number of ketones is 1. The summed E-state index contributed by atoms with van der Waals surface area (Å²) < 4.78 is 31.6. The summed E-state index contributed by atoms with van der Waals surface area (Å²) >= 11 is 0. The van der Waals surface area contributed by atoms with Crippen molar-refractivity contribution in [1.29, 1.82) is 0 Å². The molecule has 11 heteroatoms. The van der Waals surface area contributed by atoms with Crippen LogP contribution in [0.5, 0.6) is 5.75 Å². The third-order valence-corrected chi connectivity index (χ3v) is 3.91. The Morgan fingerprint density at radius 1 is 0.697 bits per heavy atom. The number of carbonyl (C=O) groups excluding carboxylic acids is 3. The topological polar surface area (TPSA) is 144 Å². The van der Waals surface area contributed by atoms with Gasteiger partial charge >= 0.3 is 11.9 Å². The molecule has 1 N–H and O–H groups in total. The van der Waals surface area contributed by atoms with Crippen LogP contribution in [-0.2, 0) is 38.1 Å². The molecular weight excluding hydrogens is 440 g/mol. The normalized spacial score (nSPS) is 10.5. The molecule has 0 amide bonds. The maximum absolute atomic E-state index is 11.3. The molecule has 1 aromatic carbocycles. The van der Waals surface area contributed by atoms with Crippen molar-refractivity contribution in [3.63, 3.8) is 0 Å². The van der Waals surface area contributed by atoms with Crippen molar-refractivity contribution in [2.24, 2.45) is 0 Å². The Morgan fingerprint density at radius 2 is 1.18 bits per heavy atom. The quantitative estimate of drug-likeness (QED) is 0.118. The highest BCUT2D eigenvalue weighted by Gasteiger charge is 2.14. The number of hydrogen-bond donors (Lipinski definition) is 1. The van der Waals surface area contributed by atoms with Crippen molar-refractivity contribution in [3.05, 3.63) is 29.8 Å². The van der Waals surface area contributed by atoms with Gasteiger partial charge in [0.15, 0.2) is 0 Å². The third kappa shape index (κ3) is 15.6. The minimum Gasteiger partial charge on any atom is -0.491 e. The first-order valence-corrected chi connectivity index (χ1v) is 10.4. The number of ether oxygens (including phenoxy) is 6. The van der Waals surface area contributed by atoms with Crippen LogP contribution < -0.4 is 4.74 Å². The van der Waals surface area contributed by atoms with Gasteiger partial charge in [0.2, 0.25) is 5.78 Å². The van der Waals surface area contributed by atoms with Gasteiger partial charge in [0, 0.05) is 12.0 Å². The predicted octanol–water partition coefficient (Wildman–Crippen LogP) is 0.921. The number of esters is 1. The summed E-state index contributed by atoms with van der Waals surface area (Å²) in [6.07, 6.45) is 0.117. The van der Waals surface area contributed by atoms with Crippen molar-refractivity contribution in [1.82, 2.24) is 0 Å². The minimum atomic E-state index is -1.56. The van der Waals surface area contributed by atoms with E-state index < -0.39 is 17.7 Å². The van der Waals surface area contributed by atoms with Gasteiger partial charge in [-0.3, -0.25) is 14.4 Å². The average Bonchev–Trinajstić information content (AvgIpc) is 2.82. The lowest BCUT2D eigenvalue weighted by atomic mass is 10.2. The van der Waals surface area contributed by atoms with Crippen LogP contribution in [0.4, 0.5) is 0 Å². The molecule has 0 aliphatic carbocycles. The molecule has 0 fully saturated rings. The number of Topliss-reactive ketones (excluding diaryl/α,β-unsaturated/α-hetero) is 1. The van der Waals surface area contributed by atoms with E-state index in [4.69, 9.17) is 33.5 Å². The van der Waals surface area contributed by atoms with E-state index in [1.807, 2.05) is 0 Å². The number of aldehydes is 1. The van der Waals surface area contributed by atoms with Crippen LogP contribution in [-0.4, -0.2) is 95.2 Å². The molecule has 0 aliphatic rings. The Kier molecular flexibility index (Phi) is 16.0. The van der Waals surface area contributed by atoms with Crippen LogP contribution in [0, 0.1) is 0 Å². The van der Waals surface area contributed by atoms with Crippen LogP contribution in [0.25, 0.3) is 0 Å². The van der Waals surface area contributed by atoms with Gasteiger partial charge in [-0.2, -0.15) is 0 Å². The average molecular weight is 470 g/mol. The van der Waals surface area contributed by atoms with E-state index in [-0.39, 0.29) is 26.1 Å². The molecule has 0 aromatic heterocycles. The van der Waals surface area contributed by atoms with Gasteiger partial charge in [-0.15, -0.1) is 0 Å². The van der Waals surface area contributed by atoms with Gasteiger partial charge in [-0.25, -0.2) is 4.79 Å². The zero-order valence-electron chi connectivity index (χ0n) is 18.4. The van der Waals surface area contributed by atoms with Gasteiger partial charge in [-0.1, -0.05) is 0 Å². The molecule has 0 radical (unpaired) electrons. The summed E-state index contributed by atoms with van der Waals surface area (Å²) in [7, 11) is 0. The molecule has 0 spiro atoms. The molecule has 1 rings (SSSR count). The lowest BCUT2D eigenvalue weighted by Crippen LogP contribution is -2.17. The lowest BCUT2D eigenvalue weighted by molar-refractivity contribution is -0.151. The van der Waals surface area contributed by atoms with Crippen LogP contribution >= 0.6 is 0 Å². The summed E-state index contributed by atoms with van der Waals surface area (Å²) in [5.41, 5.74) is 0.596. The highest BCUT2D eigenvalue weighted by Crippen LogP contribution is 2.10. The predicted molar refractivity (Wildman–Crippen MR) is 113 cm³/mol. The summed E-state index contributed by atoms with van der Waals surface area (Å²) in [4.78, 5) is 43.0. The standard InChI is InChI=1S/C22H30O11/c23-17-18-1-3-19(4-2-18)32-15-13-30-11-9-28-7-8-29-10-12-31-14-16-33-21(25)6-5-20(24)22(26)27/h1-4,17H,5-16H2,(H,26,27). The second-order valence-corrected chi connectivity index (χ2v) is 6.43. The van der Waals surface area contributed by atoms with Crippen molar-refractivity contribution in [3.8, 4) is 5.75 Å². The van der Waals surface area contributed by atoms with Crippen LogP contribution in [0.15, 0.2) is 24.3 Å². The van der Waals surface area contributed by atoms with E-state index in [9.17, 15) is 19.2 Å². The number of hydrogen-bond acceptors (Lipinski definition) is 10. The van der Waals surface area contributed by atoms with Crippen molar-refractivity contribution in [2.45, 2.75) is 12.8 Å². The lowest BCUT2D eigenvalue weighted by Gasteiger charge is -2.09. The first-order chi connectivity index (χ1) is 16.0. The summed E-state index contributed by atoms with van der Waals surface area (Å²) in [6.45, 7) is 3.34. The SMILES string of the molecule is O=Cc1ccc(OCCOCCOCCOCCOCCOC(=O)CCC(=O)C(=O)O)cc1. The monoisotopic (exact) mass is 470 g/mol.